The highest BCUT2D eigenvalue weighted by atomic mass is 16.5. The molecule has 0 aliphatic carbocycles. The molecule has 4 nitrogen and oxygen atoms in total. The van der Waals surface area contributed by atoms with E-state index in [1.54, 1.807) is 14.0 Å². The van der Waals surface area contributed by atoms with Crippen LogP contribution in [0, 0.1) is 0 Å². The summed E-state index contributed by atoms with van der Waals surface area (Å²) in [4.78, 5) is 13.8. The van der Waals surface area contributed by atoms with Crippen molar-refractivity contribution in [3.63, 3.8) is 0 Å². The van der Waals surface area contributed by atoms with Gasteiger partial charge < -0.3 is 15.0 Å². The molecule has 98 valence electrons. The molecule has 1 saturated heterocycles. The van der Waals surface area contributed by atoms with E-state index < -0.39 is 0 Å². The zero-order chi connectivity index (χ0) is 13.1. The lowest BCUT2D eigenvalue weighted by molar-refractivity contribution is 0.101. The van der Waals surface area contributed by atoms with Crippen LogP contribution in [0.5, 0.6) is 5.75 Å². The zero-order valence-electron chi connectivity index (χ0n) is 11.2. The van der Waals surface area contributed by atoms with Crippen LogP contribution in [-0.2, 0) is 0 Å². The zero-order valence-corrected chi connectivity index (χ0v) is 11.2. The third kappa shape index (κ3) is 2.64. The van der Waals surface area contributed by atoms with Gasteiger partial charge in [0.15, 0.2) is 5.78 Å². The van der Waals surface area contributed by atoms with E-state index in [-0.39, 0.29) is 5.78 Å². The van der Waals surface area contributed by atoms with Crippen LogP contribution in [-0.4, -0.2) is 38.6 Å². The number of ketones is 1. The standard InChI is InChI=1S/C14H20N2O2/c1-10-9-16(7-6-15-10)12-4-5-13(11(2)17)14(8-12)18-3/h4-5,8,10,15H,6-7,9H2,1-3H3. The van der Waals surface area contributed by atoms with E-state index in [4.69, 9.17) is 4.74 Å². The Labute approximate surface area is 108 Å². The molecule has 1 aromatic rings. The van der Waals surface area contributed by atoms with Crippen molar-refractivity contribution in [2.24, 2.45) is 0 Å². The highest BCUT2D eigenvalue weighted by molar-refractivity contribution is 5.97. The molecule has 1 N–H and O–H groups in total. The number of anilines is 1. The first kappa shape index (κ1) is 12.9. The molecule has 1 aliphatic rings. The van der Waals surface area contributed by atoms with Gasteiger partial charge in [0.2, 0.25) is 0 Å². The fraction of sp³-hybridized carbons (Fsp3) is 0.500. The number of hydrogen-bond acceptors (Lipinski definition) is 4. The van der Waals surface area contributed by atoms with E-state index in [9.17, 15) is 4.79 Å². The number of ether oxygens (including phenoxy) is 1. The second-order valence-corrected chi connectivity index (χ2v) is 4.74. The van der Waals surface area contributed by atoms with Crippen LogP contribution in [0.25, 0.3) is 0 Å². The molecule has 0 radical (unpaired) electrons. The molecule has 0 amide bonds. The monoisotopic (exact) mass is 248 g/mol. The average molecular weight is 248 g/mol. The predicted molar refractivity (Wildman–Crippen MR) is 72.7 cm³/mol. The lowest BCUT2D eigenvalue weighted by Gasteiger charge is -2.33. The topological polar surface area (TPSA) is 41.6 Å². The van der Waals surface area contributed by atoms with Gasteiger partial charge in [0, 0.05) is 37.4 Å². The number of rotatable bonds is 3. The summed E-state index contributed by atoms with van der Waals surface area (Å²) in [5.41, 5.74) is 1.76. The smallest absolute Gasteiger partial charge is 0.163 e. The summed E-state index contributed by atoms with van der Waals surface area (Å²) in [7, 11) is 1.60. The summed E-state index contributed by atoms with van der Waals surface area (Å²) in [6.07, 6.45) is 0. The Bertz CT molecular complexity index is 445. The van der Waals surface area contributed by atoms with Gasteiger partial charge in [-0.25, -0.2) is 0 Å². The highest BCUT2D eigenvalue weighted by Gasteiger charge is 2.17. The largest absolute Gasteiger partial charge is 0.496 e. The van der Waals surface area contributed by atoms with Crippen molar-refractivity contribution in [2.45, 2.75) is 19.9 Å². The highest BCUT2D eigenvalue weighted by Crippen LogP contribution is 2.26. The second kappa shape index (κ2) is 5.40. The van der Waals surface area contributed by atoms with E-state index in [1.807, 2.05) is 18.2 Å². The van der Waals surface area contributed by atoms with Gasteiger partial charge in [0.05, 0.1) is 12.7 Å². The van der Waals surface area contributed by atoms with Crippen molar-refractivity contribution in [3.05, 3.63) is 23.8 Å². The number of nitrogens with one attached hydrogen (secondary N) is 1. The molecule has 0 spiro atoms. The second-order valence-electron chi connectivity index (χ2n) is 4.74. The molecule has 18 heavy (non-hydrogen) atoms. The van der Waals surface area contributed by atoms with Crippen LogP contribution in [0.2, 0.25) is 0 Å². The Balaban J connectivity index is 2.26. The molecule has 1 aromatic carbocycles. The minimum Gasteiger partial charge on any atom is -0.496 e. The van der Waals surface area contributed by atoms with Crippen molar-refractivity contribution in [1.82, 2.24) is 5.32 Å². The van der Waals surface area contributed by atoms with Crippen LogP contribution in [0.15, 0.2) is 18.2 Å². The molecule has 1 atom stereocenters. The lowest BCUT2D eigenvalue weighted by atomic mass is 10.1. The minimum atomic E-state index is 0.0343. The Morgan fingerprint density at radius 2 is 2.28 bits per heavy atom. The Kier molecular flexibility index (Phi) is 3.87. The van der Waals surface area contributed by atoms with E-state index >= 15 is 0 Å². The molecule has 1 aliphatic heterocycles. The Hall–Kier alpha value is -1.55. The minimum absolute atomic E-state index is 0.0343. The van der Waals surface area contributed by atoms with Crippen molar-refractivity contribution in [3.8, 4) is 5.75 Å². The number of Topliss-reactive ketones (excluding diaryl/α,β-unsaturated/α-hetero) is 1. The molecule has 1 fully saturated rings. The summed E-state index contributed by atoms with van der Waals surface area (Å²) < 4.78 is 5.30. The third-order valence-corrected chi connectivity index (χ3v) is 3.30. The van der Waals surface area contributed by atoms with Crippen LogP contribution >= 0.6 is 0 Å². The van der Waals surface area contributed by atoms with Crippen molar-refractivity contribution < 1.29 is 9.53 Å². The lowest BCUT2D eigenvalue weighted by Crippen LogP contribution is -2.49. The summed E-state index contributed by atoms with van der Waals surface area (Å²) >= 11 is 0. The maximum absolute atomic E-state index is 11.5. The van der Waals surface area contributed by atoms with Crippen LogP contribution in [0.3, 0.4) is 0 Å². The SMILES string of the molecule is COc1cc(N2CCNC(C)C2)ccc1C(C)=O. The fourth-order valence-electron chi connectivity index (χ4n) is 2.33. The van der Waals surface area contributed by atoms with Gasteiger partial charge in [0.25, 0.3) is 0 Å². The first-order valence-electron chi connectivity index (χ1n) is 6.29. The number of carbonyl (C=O) groups excluding carboxylic acids is 1. The van der Waals surface area contributed by atoms with Crippen LogP contribution in [0.4, 0.5) is 5.69 Å². The summed E-state index contributed by atoms with van der Waals surface area (Å²) in [5.74, 6) is 0.693. The number of carbonyl (C=O) groups is 1. The molecular weight excluding hydrogens is 228 g/mol. The fourth-order valence-corrected chi connectivity index (χ4v) is 2.33. The maximum Gasteiger partial charge on any atom is 0.163 e. The van der Waals surface area contributed by atoms with Gasteiger partial charge in [-0.3, -0.25) is 4.79 Å². The molecule has 1 heterocycles. The van der Waals surface area contributed by atoms with Gasteiger partial charge in [0.1, 0.15) is 5.75 Å². The predicted octanol–water partition coefficient (Wildman–Crippen LogP) is 1.70. The Morgan fingerprint density at radius 3 is 2.89 bits per heavy atom. The van der Waals surface area contributed by atoms with Gasteiger partial charge in [-0.15, -0.1) is 0 Å². The Morgan fingerprint density at radius 1 is 1.50 bits per heavy atom. The normalized spacial score (nSPS) is 19.7. The van der Waals surface area contributed by atoms with Crippen molar-refractivity contribution in [2.75, 3.05) is 31.6 Å². The molecule has 1 unspecified atom stereocenters. The van der Waals surface area contributed by atoms with Gasteiger partial charge in [-0.2, -0.15) is 0 Å². The van der Waals surface area contributed by atoms with Crippen molar-refractivity contribution in [1.29, 1.82) is 0 Å². The molecule has 4 heteroatoms. The van der Waals surface area contributed by atoms with Gasteiger partial charge in [-0.1, -0.05) is 0 Å². The van der Waals surface area contributed by atoms with E-state index in [2.05, 4.69) is 17.1 Å². The number of hydrogen-bond donors (Lipinski definition) is 1. The first-order chi connectivity index (χ1) is 8.61. The number of piperazine rings is 1. The summed E-state index contributed by atoms with van der Waals surface area (Å²) in [6, 6.07) is 6.28. The molecular formula is C14H20N2O2. The number of methoxy groups -OCH3 is 1. The molecule has 0 aromatic heterocycles. The average Bonchev–Trinajstić information content (AvgIpc) is 2.37. The molecule has 2 rings (SSSR count). The van der Waals surface area contributed by atoms with E-state index in [0.29, 0.717) is 17.4 Å². The van der Waals surface area contributed by atoms with Gasteiger partial charge >= 0.3 is 0 Å². The molecule has 0 bridgehead atoms. The first-order valence-corrected chi connectivity index (χ1v) is 6.29. The van der Waals surface area contributed by atoms with Crippen molar-refractivity contribution >= 4 is 11.5 Å². The third-order valence-electron chi connectivity index (χ3n) is 3.30. The number of nitrogens with zero attached hydrogens (tertiary/aromatic N) is 1. The quantitative estimate of drug-likeness (QED) is 0.827. The summed E-state index contributed by atoms with van der Waals surface area (Å²) in [6.45, 7) is 6.67. The maximum atomic E-state index is 11.5. The van der Waals surface area contributed by atoms with Crippen LogP contribution < -0.4 is 15.0 Å². The van der Waals surface area contributed by atoms with E-state index in [0.717, 1.165) is 25.3 Å². The van der Waals surface area contributed by atoms with E-state index in [1.165, 1.54) is 0 Å². The summed E-state index contributed by atoms with van der Waals surface area (Å²) in [5, 5.41) is 3.41. The molecule has 0 saturated carbocycles. The van der Waals surface area contributed by atoms with Gasteiger partial charge in [-0.05, 0) is 26.0 Å². The van der Waals surface area contributed by atoms with Crippen LogP contribution in [0.1, 0.15) is 24.2 Å². The number of benzene rings is 1.